The predicted molar refractivity (Wildman–Crippen MR) is 73.6 cm³/mol. The Bertz CT molecular complexity index is 452. The minimum atomic E-state index is -0.825. The van der Waals surface area contributed by atoms with Gasteiger partial charge in [-0.05, 0) is 5.56 Å². The summed E-state index contributed by atoms with van der Waals surface area (Å²) in [6.45, 7) is 0. The number of carboxylic acid groups (broad SMARTS) is 1. The molecule has 0 aromatic heterocycles. The topological polar surface area (TPSA) is 78.4 Å². The van der Waals surface area contributed by atoms with Crippen LogP contribution in [0.5, 0.6) is 0 Å². The Morgan fingerprint density at radius 1 is 1.37 bits per heavy atom. The van der Waals surface area contributed by atoms with Crippen molar-refractivity contribution in [1.82, 2.24) is 10.6 Å². The normalized spacial score (nSPS) is 22.8. The lowest BCUT2D eigenvalue weighted by Gasteiger charge is -2.31. The summed E-state index contributed by atoms with van der Waals surface area (Å²) < 4.78 is 0. The zero-order chi connectivity index (χ0) is 13.7. The molecule has 3 N–H and O–H groups in total. The maximum atomic E-state index is 11.7. The number of carboxylic acids is 1. The van der Waals surface area contributed by atoms with Gasteiger partial charge in [0.15, 0.2) is 0 Å². The van der Waals surface area contributed by atoms with Crippen molar-refractivity contribution in [1.29, 1.82) is 0 Å². The summed E-state index contributed by atoms with van der Waals surface area (Å²) in [5.74, 6) is -0.371. The molecule has 1 amide bonds. The maximum Gasteiger partial charge on any atom is 0.304 e. The summed E-state index contributed by atoms with van der Waals surface area (Å²) in [7, 11) is 0. The van der Waals surface area contributed by atoms with E-state index in [1.54, 1.807) is 0 Å². The molecule has 0 aliphatic carbocycles. The molecule has 0 saturated carbocycles. The van der Waals surface area contributed by atoms with E-state index in [4.69, 9.17) is 5.11 Å². The highest BCUT2D eigenvalue weighted by Crippen LogP contribution is 2.23. The minimum Gasteiger partial charge on any atom is -0.481 e. The summed E-state index contributed by atoms with van der Waals surface area (Å²) >= 11 is 1.40. The lowest BCUT2D eigenvalue weighted by molar-refractivity contribution is -0.136. The van der Waals surface area contributed by atoms with Gasteiger partial charge in [-0.3, -0.25) is 14.9 Å². The van der Waals surface area contributed by atoms with Gasteiger partial charge in [0.25, 0.3) is 0 Å². The van der Waals surface area contributed by atoms with Gasteiger partial charge in [-0.15, -0.1) is 11.8 Å². The van der Waals surface area contributed by atoms with Gasteiger partial charge in [-0.1, -0.05) is 30.3 Å². The average molecular weight is 280 g/mol. The fourth-order valence-corrected chi connectivity index (χ4v) is 2.93. The Morgan fingerprint density at radius 3 is 2.79 bits per heavy atom. The molecule has 0 bridgehead atoms. The smallest absolute Gasteiger partial charge is 0.304 e. The molecule has 6 heteroatoms. The first-order valence-corrected chi connectivity index (χ1v) is 7.14. The number of carbonyl (C=O) groups excluding carboxylic acids is 1. The van der Waals surface area contributed by atoms with Crippen molar-refractivity contribution >= 4 is 23.6 Å². The monoisotopic (exact) mass is 280 g/mol. The number of hydrogen-bond acceptors (Lipinski definition) is 4. The molecule has 0 spiro atoms. The number of hydrogen-bond donors (Lipinski definition) is 3. The number of amides is 1. The van der Waals surface area contributed by atoms with Gasteiger partial charge in [0.05, 0.1) is 6.42 Å². The van der Waals surface area contributed by atoms with E-state index in [9.17, 15) is 9.59 Å². The van der Waals surface area contributed by atoms with Crippen molar-refractivity contribution in [3.8, 4) is 0 Å². The van der Waals surface area contributed by atoms with Gasteiger partial charge >= 0.3 is 5.97 Å². The van der Waals surface area contributed by atoms with Gasteiger partial charge in [0.2, 0.25) is 5.91 Å². The van der Waals surface area contributed by atoms with Crippen LogP contribution in [0.3, 0.4) is 0 Å². The molecule has 2 unspecified atom stereocenters. The van der Waals surface area contributed by atoms with Gasteiger partial charge in [-0.2, -0.15) is 0 Å². The predicted octanol–water partition coefficient (Wildman–Crippen LogP) is 1.33. The first-order valence-electron chi connectivity index (χ1n) is 6.09. The number of carbonyl (C=O) groups is 2. The molecule has 1 aliphatic rings. The summed E-state index contributed by atoms with van der Waals surface area (Å²) in [5, 5.41) is 14.7. The molecule has 1 saturated heterocycles. The molecule has 1 fully saturated rings. The summed E-state index contributed by atoms with van der Waals surface area (Å²) in [5.41, 5.74) is 0.840. The van der Waals surface area contributed by atoms with Gasteiger partial charge < -0.3 is 10.4 Å². The first-order chi connectivity index (χ1) is 9.15. The van der Waals surface area contributed by atoms with E-state index in [1.165, 1.54) is 11.8 Å². The van der Waals surface area contributed by atoms with Crippen LogP contribution in [0.2, 0.25) is 0 Å². The molecule has 1 aromatic carbocycles. The zero-order valence-corrected chi connectivity index (χ0v) is 11.2. The maximum absolute atomic E-state index is 11.7. The molecular weight excluding hydrogens is 264 g/mol. The first kappa shape index (κ1) is 13.9. The molecule has 0 radical (unpaired) electrons. The van der Waals surface area contributed by atoms with Crippen LogP contribution in [0.4, 0.5) is 0 Å². The molecule has 1 aliphatic heterocycles. The Kier molecular flexibility index (Phi) is 4.81. The van der Waals surface area contributed by atoms with Gasteiger partial charge in [0, 0.05) is 18.2 Å². The summed E-state index contributed by atoms with van der Waals surface area (Å²) in [4.78, 5) is 22.1. The third kappa shape index (κ3) is 4.25. The number of thioether (sulfide) groups is 1. The summed E-state index contributed by atoms with van der Waals surface area (Å²) in [6, 6.07) is 9.76. The Balaban J connectivity index is 1.92. The highest BCUT2D eigenvalue weighted by Gasteiger charge is 2.26. The SMILES string of the molecule is O=C(O)CCSC1NC(=O)CC(c2ccccc2)N1. The van der Waals surface area contributed by atoms with Gasteiger partial charge in [-0.25, -0.2) is 0 Å². The van der Waals surface area contributed by atoms with Crippen LogP contribution < -0.4 is 10.6 Å². The molecule has 2 atom stereocenters. The summed E-state index contributed by atoms with van der Waals surface area (Å²) in [6.07, 6.45) is 0.495. The van der Waals surface area contributed by atoms with Crippen molar-refractivity contribution in [2.45, 2.75) is 24.4 Å². The second-order valence-corrected chi connectivity index (χ2v) is 5.51. The van der Waals surface area contributed by atoms with E-state index >= 15 is 0 Å². The lowest BCUT2D eigenvalue weighted by atomic mass is 10.0. The van der Waals surface area contributed by atoms with E-state index in [0.29, 0.717) is 12.2 Å². The molecule has 102 valence electrons. The number of aliphatic carboxylic acids is 1. The molecule has 1 heterocycles. The highest BCUT2D eigenvalue weighted by molar-refractivity contribution is 7.99. The third-order valence-corrected chi connectivity index (χ3v) is 3.86. The van der Waals surface area contributed by atoms with E-state index < -0.39 is 5.97 Å². The largest absolute Gasteiger partial charge is 0.481 e. The van der Waals surface area contributed by atoms with Crippen LogP contribution in [0.25, 0.3) is 0 Å². The Morgan fingerprint density at radius 2 is 2.11 bits per heavy atom. The standard InChI is InChI=1S/C13H16N2O3S/c16-11-8-10(9-4-2-1-3-5-9)14-13(15-11)19-7-6-12(17)18/h1-5,10,13-14H,6-8H2,(H,15,16)(H,17,18). The molecule has 2 rings (SSSR count). The van der Waals surface area contributed by atoms with Crippen LogP contribution in [0.1, 0.15) is 24.4 Å². The van der Waals surface area contributed by atoms with Gasteiger partial charge in [0.1, 0.15) is 5.50 Å². The molecule has 5 nitrogen and oxygen atoms in total. The van der Waals surface area contributed by atoms with E-state index in [1.807, 2.05) is 30.3 Å². The zero-order valence-electron chi connectivity index (χ0n) is 10.3. The third-order valence-electron chi connectivity index (χ3n) is 2.84. The Hall–Kier alpha value is -1.53. The van der Waals surface area contributed by atoms with E-state index in [0.717, 1.165) is 5.56 Å². The van der Waals surface area contributed by atoms with Crippen molar-refractivity contribution in [3.63, 3.8) is 0 Å². The van der Waals surface area contributed by atoms with Crippen LogP contribution in [0, 0.1) is 0 Å². The quantitative estimate of drug-likeness (QED) is 0.758. The van der Waals surface area contributed by atoms with Crippen LogP contribution in [0.15, 0.2) is 30.3 Å². The minimum absolute atomic E-state index is 0.0135. The lowest BCUT2D eigenvalue weighted by Crippen LogP contribution is -2.51. The van der Waals surface area contributed by atoms with E-state index in [2.05, 4.69) is 10.6 Å². The van der Waals surface area contributed by atoms with Crippen molar-refractivity contribution < 1.29 is 14.7 Å². The molecular formula is C13H16N2O3S. The van der Waals surface area contributed by atoms with E-state index in [-0.39, 0.29) is 23.9 Å². The van der Waals surface area contributed by atoms with Crippen molar-refractivity contribution in [3.05, 3.63) is 35.9 Å². The highest BCUT2D eigenvalue weighted by atomic mass is 32.2. The van der Waals surface area contributed by atoms with Crippen molar-refractivity contribution in [2.75, 3.05) is 5.75 Å². The molecule has 1 aromatic rings. The second kappa shape index (κ2) is 6.58. The molecule has 19 heavy (non-hydrogen) atoms. The average Bonchev–Trinajstić information content (AvgIpc) is 2.39. The van der Waals surface area contributed by atoms with Crippen LogP contribution in [-0.2, 0) is 9.59 Å². The Labute approximate surface area is 115 Å². The van der Waals surface area contributed by atoms with Crippen LogP contribution >= 0.6 is 11.8 Å². The second-order valence-electron chi connectivity index (χ2n) is 4.30. The fraction of sp³-hybridized carbons (Fsp3) is 0.385. The fourth-order valence-electron chi connectivity index (χ4n) is 1.93. The van der Waals surface area contributed by atoms with Crippen molar-refractivity contribution in [2.24, 2.45) is 0 Å². The van der Waals surface area contributed by atoms with Crippen LogP contribution in [-0.4, -0.2) is 28.2 Å². The number of nitrogens with one attached hydrogen (secondary N) is 2. The number of benzene rings is 1. The number of rotatable bonds is 5.